The molecule has 4 rings (SSSR count). The van der Waals surface area contributed by atoms with Crippen LogP contribution in [-0.2, 0) is 29.2 Å². The summed E-state index contributed by atoms with van der Waals surface area (Å²) in [5, 5.41) is 12.0. The van der Waals surface area contributed by atoms with Crippen LogP contribution in [0.15, 0.2) is 79.1 Å². The molecule has 164 valence electrons. The molecule has 0 bridgehead atoms. The third-order valence-corrected chi connectivity index (χ3v) is 5.82. The van der Waals surface area contributed by atoms with E-state index in [9.17, 15) is 9.59 Å². The number of rotatable bonds is 9. The predicted octanol–water partition coefficient (Wildman–Crippen LogP) is 3.03. The first-order valence-electron chi connectivity index (χ1n) is 10.5. The molecule has 1 aromatic heterocycles. The Hall–Kier alpha value is -3.71. The molecular weight excluding hydrogens is 406 g/mol. The molecule has 0 radical (unpaired) electrons. The molecule has 3 N–H and O–H groups in total. The van der Waals surface area contributed by atoms with Gasteiger partial charge >= 0.3 is 0 Å². The summed E-state index contributed by atoms with van der Waals surface area (Å²) in [6.07, 6.45) is 4.13. The number of ether oxygens (including phenoxy) is 1. The maximum absolute atomic E-state index is 13.0. The maximum Gasteiger partial charge on any atom is 0.247 e. The summed E-state index contributed by atoms with van der Waals surface area (Å²) in [5.41, 5.74) is 3.67. The SMILES string of the molecule is O=C(NO)C1CC1(Cc1ccc(OCc2ccccc2)cc1)C(=O)NCc1cccnc1. The van der Waals surface area contributed by atoms with Gasteiger partial charge in [0.25, 0.3) is 0 Å². The highest BCUT2D eigenvalue weighted by Gasteiger charge is 2.63. The Balaban J connectivity index is 1.41. The van der Waals surface area contributed by atoms with E-state index in [0.717, 1.165) is 22.4 Å². The second kappa shape index (κ2) is 9.62. The molecule has 2 amide bonds. The van der Waals surface area contributed by atoms with E-state index in [4.69, 9.17) is 9.94 Å². The van der Waals surface area contributed by atoms with Crippen LogP contribution in [0.25, 0.3) is 0 Å². The molecule has 1 fully saturated rings. The van der Waals surface area contributed by atoms with Crippen molar-refractivity contribution in [1.29, 1.82) is 0 Å². The van der Waals surface area contributed by atoms with Crippen LogP contribution in [-0.4, -0.2) is 22.0 Å². The first-order chi connectivity index (χ1) is 15.6. The standard InChI is InChI=1S/C25H25N3O4/c29-23(28-31)22-14-25(22,24(30)27-16-20-7-4-12-26-15-20)13-18-8-10-21(11-9-18)32-17-19-5-2-1-3-6-19/h1-12,15,22,31H,13-14,16-17H2,(H,27,30)(H,28,29). The van der Waals surface area contributed by atoms with Crippen LogP contribution >= 0.6 is 0 Å². The Morgan fingerprint density at radius 3 is 2.44 bits per heavy atom. The lowest BCUT2D eigenvalue weighted by Gasteiger charge is -2.17. The van der Waals surface area contributed by atoms with Gasteiger partial charge in [0, 0.05) is 18.9 Å². The predicted molar refractivity (Wildman–Crippen MR) is 117 cm³/mol. The Morgan fingerprint density at radius 2 is 1.75 bits per heavy atom. The molecule has 2 aromatic carbocycles. The number of benzene rings is 2. The van der Waals surface area contributed by atoms with Crippen molar-refractivity contribution >= 4 is 11.8 Å². The average Bonchev–Trinajstić information content (AvgIpc) is 3.58. The van der Waals surface area contributed by atoms with Gasteiger partial charge in [0.1, 0.15) is 12.4 Å². The minimum absolute atomic E-state index is 0.209. The molecule has 0 saturated heterocycles. The van der Waals surface area contributed by atoms with Gasteiger partial charge < -0.3 is 10.1 Å². The minimum Gasteiger partial charge on any atom is -0.489 e. The average molecular weight is 431 g/mol. The fraction of sp³-hybridized carbons (Fsp3) is 0.240. The molecule has 1 heterocycles. The summed E-state index contributed by atoms with van der Waals surface area (Å²) in [5.74, 6) is -0.591. The maximum atomic E-state index is 13.0. The summed E-state index contributed by atoms with van der Waals surface area (Å²) in [4.78, 5) is 29.2. The fourth-order valence-electron chi connectivity index (χ4n) is 3.92. The lowest BCUT2D eigenvalue weighted by atomic mass is 9.92. The highest BCUT2D eigenvalue weighted by Crippen LogP contribution is 2.55. The van der Waals surface area contributed by atoms with E-state index in [1.165, 1.54) is 0 Å². The zero-order valence-electron chi connectivity index (χ0n) is 17.5. The van der Waals surface area contributed by atoms with E-state index in [1.807, 2.05) is 60.7 Å². The summed E-state index contributed by atoms with van der Waals surface area (Å²) in [6.45, 7) is 0.799. The number of amides is 2. The normalized spacial score (nSPS) is 19.1. The van der Waals surface area contributed by atoms with E-state index in [1.54, 1.807) is 23.9 Å². The van der Waals surface area contributed by atoms with Gasteiger partial charge in [-0.2, -0.15) is 0 Å². The number of pyridine rings is 1. The van der Waals surface area contributed by atoms with Crippen LogP contribution in [0, 0.1) is 11.3 Å². The van der Waals surface area contributed by atoms with Crippen LogP contribution < -0.4 is 15.5 Å². The Morgan fingerprint density at radius 1 is 1.00 bits per heavy atom. The number of hydrogen-bond donors (Lipinski definition) is 3. The summed E-state index contributed by atoms with van der Waals surface area (Å²) >= 11 is 0. The second-order valence-corrected chi connectivity index (χ2v) is 8.03. The van der Waals surface area contributed by atoms with Crippen LogP contribution in [0.1, 0.15) is 23.1 Å². The molecule has 3 aromatic rings. The Kier molecular flexibility index (Phi) is 6.47. The monoisotopic (exact) mass is 431 g/mol. The highest BCUT2D eigenvalue weighted by molar-refractivity contribution is 5.95. The van der Waals surface area contributed by atoms with Crippen molar-refractivity contribution in [3.8, 4) is 5.75 Å². The number of aromatic nitrogens is 1. The van der Waals surface area contributed by atoms with Crippen molar-refractivity contribution in [2.45, 2.75) is 26.0 Å². The number of hydrogen-bond acceptors (Lipinski definition) is 5. The highest BCUT2D eigenvalue weighted by atomic mass is 16.5. The van der Waals surface area contributed by atoms with Crippen LogP contribution in [0.4, 0.5) is 0 Å². The molecule has 1 saturated carbocycles. The van der Waals surface area contributed by atoms with E-state index in [2.05, 4.69) is 10.3 Å². The lowest BCUT2D eigenvalue weighted by molar-refractivity contribution is -0.135. The quantitative estimate of drug-likeness (QED) is 0.357. The first-order valence-corrected chi connectivity index (χ1v) is 10.5. The summed E-state index contributed by atoms with van der Waals surface area (Å²) < 4.78 is 5.82. The number of hydroxylamine groups is 1. The molecule has 7 nitrogen and oxygen atoms in total. The van der Waals surface area contributed by atoms with E-state index < -0.39 is 17.2 Å². The van der Waals surface area contributed by atoms with Gasteiger partial charge in [0.05, 0.1) is 11.3 Å². The molecule has 32 heavy (non-hydrogen) atoms. The Labute approximate surface area is 186 Å². The number of nitrogens with zero attached hydrogens (tertiary/aromatic N) is 1. The molecular formula is C25H25N3O4. The topological polar surface area (TPSA) is 101 Å². The van der Waals surface area contributed by atoms with Gasteiger partial charge in [-0.15, -0.1) is 0 Å². The second-order valence-electron chi connectivity index (χ2n) is 8.03. The Bertz CT molecular complexity index is 1060. The van der Waals surface area contributed by atoms with Crippen molar-refractivity contribution in [3.63, 3.8) is 0 Å². The minimum atomic E-state index is -0.887. The molecule has 2 unspecified atom stereocenters. The van der Waals surface area contributed by atoms with Crippen molar-refractivity contribution in [2.75, 3.05) is 0 Å². The van der Waals surface area contributed by atoms with Gasteiger partial charge in [-0.3, -0.25) is 19.8 Å². The van der Waals surface area contributed by atoms with E-state index in [0.29, 0.717) is 26.0 Å². The van der Waals surface area contributed by atoms with Crippen molar-refractivity contribution in [1.82, 2.24) is 15.8 Å². The molecule has 2 atom stereocenters. The zero-order valence-corrected chi connectivity index (χ0v) is 17.5. The third kappa shape index (κ3) is 4.95. The summed E-state index contributed by atoms with van der Waals surface area (Å²) in [6, 6.07) is 21.1. The zero-order chi connectivity index (χ0) is 22.4. The fourth-order valence-corrected chi connectivity index (χ4v) is 3.92. The first kappa shape index (κ1) is 21.5. The number of carbonyl (C=O) groups excluding carboxylic acids is 2. The number of nitrogens with one attached hydrogen (secondary N) is 2. The van der Waals surface area contributed by atoms with Crippen LogP contribution in [0.2, 0.25) is 0 Å². The van der Waals surface area contributed by atoms with Crippen molar-refractivity contribution in [3.05, 3.63) is 95.8 Å². The molecule has 0 spiro atoms. The molecule has 7 heteroatoms. The van der Waals surface area contributed by atoms with Crippen molar-refractivity contribution in [2.24, 2.45) is 11.3 Å². The number of carbonyl (C=O) groups is 2. The van der Waals surface area contributed by atoms with Gasteiger partial charge in [-0.25, -0.2) is 5.48 Å². The van der Waals surface area contributed by atoms with Gasteiger partial charge in [0.2, 0.25) is 11.8 Å². The largest absolute Gasteiger partial charge is 0.489 e. The third-order valence-electron chi connectivity index (χ3n) is 5.82. The van der Waals surface area contributed by atoms with Gasteiger partial charge in [0.15, 0.2) is 0 Å². The van der Waals surface area contributed by atoms with Crippen molar-refractivity contribution < 1.29 is 19.5 Å². The molecule has 1 aliphatic rings. The molecule has 1 aliphatic carbocycles. The molecule has 0 aliphatic heterocycles. The van der Waals surface area contributed by atoms with Crippen LogP contribution in [0.3, 0.4) is 0 Å². The summed E-state index contributed by atoms with van der Waals surface area (Å²) in [7, 11) is 0. The van der Waals surface area contributed by atoms with Gasteiger partial charge in [-0.1, -0.05) is 48.5 Å². The van der Waals surface area contributed by atoms with E-state index >= 15 is 0 Å². The van der Waals surface area contributed by atoms with Gasteiger partial charge in [-0.05, 0) is 47.7 Å². The lowest BCUT2D eigenvalue weighted by Crippen LogP contribution is -2.37. The smallest absolute Gasteiger partial charge is 0.247 e. The van der Waals surface area contributed by atoms with E-state index in [-0.39, 0.29) is 5.91 Å². The van der Waals surface area contributed by atoms with Crippen LogP contribution in [0.5, 0.6) is 5.75 Å².